The molecule has 0 radical (unpaired) electrons. The number of para-hydroxylation sites is 1. The van der Waals surface area contributed by atoms with Crippen molar-refractivity contribution in [2.75, 3.05) is 24.5 Å². The van der Waals surface area contributed by atoms with Crippen LogP contribution in [-0.2, 0) is 21.2 Å². The zero-order chi connectivity index (χ0) is 23.8. The summed E-state index contributed by atoms with van der Waals surface area (Å²) in [6.07, 6.45) is 1.45. The highest BCUT2D eigenvalue weighted by Gasteiger charge is 2.27. The highest BCUT2D eigenvalue weighted by molar-refractivity contribution is 7.92. The van der Waals surface area contributed by atoms with Crippen molar-refractivity contribution in [3.8, 4) is 5.75 Å². The van der Waals surface area contributed by atoms with Crippen LogP contribution >= 0.6 is 0 Å². The predicted molar refractivity (Wildman–Crippen MR) is 131 cm³/mol. The van der Waals surface area contributed by atoms with Crippen LogP contribution in [0.2, 0.25) is 0 Å². The summed E-state index contributed by atoms with van der Waals surface area (Å²) >= 11 is 0. The van der Waals surface area contributed by atoms with E-state index in [2.05, 4.69) is 5.32 Å². The van der Waals surface area contributed by atoms with Crippen LogP contribution in [0, 0.1) is 13.8 Å². The second-order valence-corrected chi connectivity index (χ2v) is 9.79. The second-order valence-electron chi connectivity index (χ2n) is 7.93. The number of nitrogens with zero attached hydrogens (tertiary/aromatic N) is 1. The summed E-state index contributed by atoms with van der Waals surface area (Å²) in [4.78, 5) is 12.9. The molecule has 0 aliphatic rings. The van der Waals surface area contributed by atoms with E-state index in [-0.39, 0.29) is 17.3 Å². The molecule has 3 aromatic carbocycles. The molecule has 0 aliphatic carbocycles. The fourth-order valence-electron chi connectivity index (χ4n) is 3.47. The van der Waals surface area contributed by atoms with E-state index >= 15 is 0 Å². The average Bonchev–Trinajstić information content (AvgIpc) is 2.81. The van der Waals surface area contributed by atoms with Gasteiger partial charge in [-0.3, -0.25) is 9.10 Å². The fourth-order valence-corrected chi connectivity index (χ4v) is 4.89. The largest absolute Gasteiger partial charge is 0.496 e. The summed E-state index contributed by atoms with van der Waals surface area (Å²) in [6.45, 7) is 3.96. The lowest BCUT2D eigenvalue weighted by Gasteiger charge is -2.24. The van der Waals surface area contributed by atoms with E-state index in [4.69, 9.17) is 4.74 Å². The Bertz CT molecular complexity index is 1170. The Morgan fingerprint density at radius 2 is 1.52 bits per heavy atom. The molecular formula is C26H30N2O4S. The third-order valence-electron chi connectivity index (χ3n) is 5.36. The average molecular weight is 467 g/mol. The van der Waals surface area contributed by atoms with E-state index in [0.717, 1.165) is 33.2 Å². The molecule has 0 unspecified atom stereocenters. The molecule has 0 fully saturated rings. The molecule has 0 saturated heterocycles. The number of ether oxygens (including phenoxy) is 1. The van der Waals surface area contributed by atoms with Gasteiger partial charge in [-0.15, -0.1) is 0 Å². The molecule has 1 N–H and O–H groups in total. The number of nitrogens with one attached hydrogen (secondary N) is 1. The molecular weight excluding hydrogens is 436 g/mol. The summed E-state index contributed by atoms with van der Waals surface area (Å²) in [7, 11) is -2.27. The van der Waals surface area contributed by atoms with Gasteiger partial charge in [-0.2, -0.15) is 0 Å². The van der Waals surface area contributed by atoms with Gasteiger partial charge in [-0.05, 0) is 62.6 Å². The van der Waals surface area contributed by atoms with Gasteiger partial charge in [0, 0.05) is 6.54 Å². The maximum Gasteiger partial charge on any atom is 0.264 e. The van der Waals surface area contributed by atoms with E-state index in [9.17, 15) is 13.2 Å². The monoisotopic (exact) mass is 466 g/mol. The summed E-state index contributed by atoms with van der Waals surface area (Å²) in [5.41, 5.74) is 3.48. The Kier molecular flexibility index (Phi) is 8.11. The van der Waals surface area contributed by atoms with Crippen molar-refractivity contribution in [3.63, 3.8) is 0 Å². The number of methoxy groups -OCH3 is 1. The number of hydrogen-bond donors (Lipinski definition) is 1. The number of rotatable bonds is 10. The lowest BCUT2D eigenvalue weighted by Crippen LogP contribution is -2.41. The topological polar surface area (TPSA) is 75.7 Å². The molecule has 3 aromatic rings. The van der Waals surface area contributed by atoms with Crippen LogP contribution in [-0.4, -0.2) is 34.5 Å². The molecule has 0 aliphatic heterocycles. The Morgan fingerprint density at radius 3 is 2.15 bits per heavy atom. The zero-order valence-corrected chi connectivity index (χ0v) is 20.1. The summed E-state index contributed by atoms with van der Waals surface area (Å²) < 4.78 is 33.3. The van der Waals surface area contributed by atoms with Crippen LogP contribution < -0.4 is 14.4 Å². The number of benzene rings is 3. The van der Waals surface area contributed by atoms with Gasteiger partial charge in [0.05, 0.1) is 17.7 Å². The van der Waals surface area contributed by atoms with Crippen LogP contribution in [0.3, 0.4) is 0 Å². The highest BCUT2D eigenvalue weighted by atomic mass is 32.2. The van der Waals surface area contributed by atoms with Gasteiger partial charge in [-0.25, -0.2) is 8.42 Å². The van der Waals surface area contributed by atoms with Gasteiger partial charge in [0.2, 0.25) is 5.91 Å². The van der Waals surface area contributed by atoms with Gasteiger partial charge in [0.15, 0.2) is 0 Å². The third kappa shape index (κ3) is 6.35. The molecule has 1 amide bonds. The van der Waals surface area contributed by atoms with Crippen molar-refractivity contribution in [2.24, 2.45) is 0 Å². The van der Waals surface area contributed by atoms with E-state index in [1.54, 1.807) is 43.5 Å². The molecule has 0 heterocycles. The summed E-state index contributed by atoms with van der Waals surface area (Å²) in [5, 5.41) is 2.85. The first-order chi connectivity index (χ1) is 15.8. The highest BCUT2D eigenvalue weighted by Crippen LogP contribution is 2.24. The van der Waals surface area contributed by atoms with Crippen molar-refractivity contribution in [1.82, 2.24) is 5.32 Å². The molecule has 3 rings (SSSR count). The Labute approximate surface area is 196 Å². The normalized spacial score (nSPS) is 11.1. The minimum absolute atomic E-state index is 0.151. The van der Waals surface area contributed by atoms with Crippen LogP contribution in [0.15, 0.2) is 77.7 Å². The fraction of sp³-hybridized carbons (Fsp3) is 0.269. The molecule has 0 saturated carbocycles. The molecule has 0 atom stereocenters. The van der Waals surface area contributed by atoms with Gasteiger partial charge in [-0.1, -0.05) is 53.6 Å². The van der Waals surface area contributed by atoms with Crippen molar-refractivity contribution in [2.45, 2.75) is 31.6 Å². The molecule has 174 valence electrons. The number of sulfonamides is 1. The molecule has 6 nitrogen and oxygen atoms in total. The van der Waals surface area contributed by atoms with E-state index in [0.29, 0.717) is 18.7 Å². The third-order valence-corrected chi connectivity index (χ3v) is 7.14. The summed E-state index contributed by atoms with van der Waals surface area (Å²) in [6, 6.07) is 21.5. The van der Waals surface area contributed by atoms with Crippen molar-refractivity contribution < 1.29 is 17.9 Å². The maximum absolute atomic E-state index is 13.4. The standard InChI is InChI=1S/C26H30N2O4S/c1-20-10-14-23(15-11-20)28(33(30,31)24-16-12-21(2)13-17-24)19-26(29)27-18-6-8-22-7-4-5-9-25(22)32-3/h4-5,7,9-17H,6,8,18-19H2,1-3H3,(H,27,29). The molecule has 0 spiro atoms. The number of anilines is 1. The van der Waals surface area contributed by atoms with Crippen LogP contribution in [0.5, 0.6) is 5.75 Å². The van der Waals surface area contributed by atoms with Crippen LogP contribution in [0.25, 0.3) is 0 Å². The zero-order valence-electron chi connectivity index (χ0n) is 19.2. The van der Waals surface area contributed by atoms with Crippen molar-refractivity contribution in [3.05, 3.63) is 89.5 Å². The van der Waals surface area contributed by atoms with E-state index < -0.39 is 10.0 Å². The van der Waals surface area contributed by atoms with Crippen molar-refractivity contribution in [1.29, 1.82) is 0 Å². The number of amides is 1. The summed E-state index contributed by atoms with van der Waals surface area (Å²) in [5.74, 6) is 0.463. The predicted octanol–water partition coefficient (Wildman–Crippen LogP) is 4.26. The van der Waals surface area contributed by atoms with Gasteiger partial charge >= 0.3 is 0 Å². The molecule has 0 bridgehead atoms. The van der Waals surface area contributed by atoms with Gasteiger partial charge in [0.25, 0.3) is 10.0 Å². The molecule has 0 aromatic heterocycles. The van der Waals surface area contributed by atoms with Crippen LogP contribution in [0.1, 0.15) is 23.1 Å². The number of carbonyl (C=O) groups excluding carboxylic acids is 1. The Balaban J connectivity index is 1.70. The lowest BCUT2D eigenvalue weighted by molar-refractivity contribution is -0.119. The second kappa shape index (κ2) is 11.0. The first kappa shape index (κ1) is 24.3. The Morgan fingerprint density at radius 1 is 0.909 bits per heavy atom. The van der Waals surface area contributed by atoms with Crippen LogP contribution in [0.4, 0.5) is 5.69 Å². The first-order valence-electron chi connectivity index (χ1n) is 10.9. The van der Waals surface area contributed by atoms with E-state index in [1.807, 2.05) is 50.2 Å². The SMILES string of the molecule is COc1ccccc1CCCNC(=O)CN(c1ccc(C)cc1)S(=O)(=O)c1ccc(C)cc1. The molecule has 33 heavy (non-hydrogen) atoms. The van der Waals surface area contributed by atoms with E-state index in [1.165, 1.54) is 0 Å². The maximum atomic E-state index is 13.4. The van der Waals surface area contributed by atoms with Gasteiger partial charge < -0.3 is 10.1 Å². The first-order valence-corrected chi connectivity index (χ1v) is 12.3. The smallest absolute Gasteiger partial charge is 0.264 e. The number of carbonyl (C=O) groups is 1. The number of aryl methyl sites for hydroxylation is 3. The molecule has 7 heteroatoms. The quantitative estimate of drug-likeness (QED) is 0.453. The Hall–Kier alpha value is -3.32. The number of hydrogen-bond acceptors (Lipinski definition) is 4. The minimum Gasteiger partial charge on any atom is -0.496 e. The van der Waals surface area contributed by atoms with Crippen molar-refractivity contribution >= 4 is 21.6 Å². The lowest BCUT2D eigenvalue weighted by atomic mass is 10.1. The van der Waals surface area contributed by atoms with Gasteiger partial charge in [0.1, 0.15) is 12.3 Å². The minimum atomic E-state index is -3.91.